The van der Waals surface area contributed by atoms with Gasteiger partial charge in [-0.3, -0.25) is 14.4 Å². The Kier molecular flexibility index (Phi) is 7.24. The summed E-state index contributed by atoms with van der Waals surface area (Å²) in [6.45, 7) is 4.14. The number of halogens is 1. The molecule has 1 spiro atoms. The highest BCUT2D eigenvalue weighted by Gasteiger charge is 2.77. The average Bonchev–Trinajstić information content (AvgIpc) is 3.45. The minimum atomic E-state index is -1.11. The number of benzene rings is 2. The molecule has 0 aliphatic carbocycles. The van der Waals surface area contributed by atoms with E-state index in [9.17, 15) is 19.5 Å². The highest BCUT2D eigenvalue weighted by Crippen LogP contribution is 2.63. The van der Waals surface area contributed by atoms with Gasteiger partial charge in [0.1, 0.15) is 11.6 Å². The highest BCUT2D eigenvalue weighted by atomic mass is 35.5. The smallest absolute Gasteiger partial charge is 0.250 e. The van der Waals surface area contributed by atoms with Gasteiger partial charge in [-0.05, 0) is 69.7 Å². The van der Waals surface area contributed by atoms with Gasteiger partial charge in [0, 0.05) is 18.8 Å². The van der Waals surface area contributed by atoms with Gasteiger partial charge in [-0.25, -0.2) is 0 Å². The van der Waals surface area contributed by atoms with Crippen molar-refractivity contribution in [3.8, 4) is 0 Å². The van der Waals surface area contributed by atoms with Gasteiger partial charge in [-0.15, -0.1) is 0 Å². The van der Waals surface area contributed by atoms with Crippen LogP contribution < -0.4 is 10.6 Å². The van der Waals surface area contributed by atoms with Crippen molar-refractivity contribution in [2.45, 2.75) is 63.2 Å². The monoisotopic (exact) mass is 539 g/mol. The molecule has 9 heteroatoms. The summed E-state index contributed by atoms with van der Waals surface area (Å²) in [5.41, 5.74) is -0.0131. The first-order valence-electron chi connectivity index (χ1n) is 13.3. The Balaban J connectivity index is 1.49. The van der Waals surface area contributed by atoms with E-state index in [1.54, 1.807) is 23.1 Å². The number of nitrogens with zero attached hydrogens (tertiary/aromatic N) is 1. The number of likely N-dealkylation sites (tertiary alicyclic amines) is 1. The average molecular weight is 540 g/mol. The second-order valence-electron chi connectivity index (χ2n) is 10.8. The third kappa shape index (κ3) is 4.38. The zero-order chi connectivity index (χ0) is 27.1. The third-order valence-electron chi connectivity index (χ3n) is 8.38. The molecule has 5 rings (SSSR count). The molecule has 3 N–H and O–H groups in total. The Morgan fingerprint density at radius 2 is 1.82 bits per heavy atom. The maximum Gasteiger partial charge on any atom is 0.250 e. The summed E-state index contributed by atoms with van der Waals surface area (Å²) in [5, 5.41) is 15.6. The van der Waals surface area contributed by atoms with Crippen LogP contribution in [0.25, 0.3) is 0 Å². The number of anilines is 2. The van der Waals surface area contributed by atoms with Crippen LogP contribution in [0.3, 0.4) is 0 Å². The molecule has 3 aliphatic heterocycles. The molecule has 3 amide bonds. The van der Waals surface area contributed by atoms with Crippen LogP contribution in [0.15, 0.2) is 48.5 Å². The van der Waals surface area contributed by atoms with Gasteiger partial charge in [0.2, 0.25) is 17.7 Å². The zero-order valence-electron chi connectivity index (χ0n) is 21.7. The second kappa shape index (κ2) is 10.3. The fraction of sp³-hybridized carbons (Fsp3) is 0.483. The number of hydrogen-bond donors (Lipinski definition) is 3. The Morgan fingerprint density at radius 3 is 2.53 bits per heavy atom. The lowest BCUT2D eigenvalue weighted by Gasteiger charge is -2.33. The molecule has 3 heterocycles. The van der Waals surface area contributed by atoms with Crippen LogP contribution in [-0.2, 0) is 19.1 Å². The van der Waals surface area contributed by atoms with E-state index >= 15 is 0 Å². The summed E-state index contributed by atoms with van der Waals surface area (Å²) in [5.74, 6) is -2.38. The van der Waals surface area contributed by atoms with E-state index in [0.717, 1.165) is 5.56 Å². The zero-order valence-corrected chi connectivity index (χ0v) is 22.5. The molecular weight excluding hydrogens is 506 g/mol. The van der Waals surface area contributed by atoms with E-state index < -0.39 is 29.1 Å². The van der Waals surface area contributed by atoms with Crippen LogP contribution in [0.1, 0.15) is 44.6 Å². The fourth-order valence-corrected chi connectivity index (χ4v) is 6.93. The Labute approximate surface area is 227 Å². The molecule has 8 nitrogen and oxygen atoms in total. The van der Waals surface area contributed by atoms with Crippen molar-refractivity contribution >= 4 is 40.7 Å². The minimum absolute atomic E-state index is 0.0689. The van der Waals surface area contributed by atoms with Crippen molar-refractivity contribution in [1.82, 2.24) is 4.90 Å². The number of aliphatic hydroxyl groups is 1. The lowest BCUT2D eigenvalue weighted by molar-refractivity contribution is -0.143. The SMILES string of the molecule is Cc1cccc(Cl)c1NC(=O)C1N(CCCCCO)C(=O)[C@@H]2[C@@H](C(=O)Nc3ccccc3)[C@@]3(C)CCC12O3. The van der Waals surface area contributed by atoms with E-state index in [-0.39, 0.29) is 24.3 Å². The quantitative estimate of drug-likeness (QED) is 0.415. The molecule has 2 unspecified atom stereocenters. The maximum atomic E-state index is 14.1. The number of unbranched alkanes of at least 4 members (excludes halogenated alkanes) is 2. The second-order valence-corrected chi connectivity index (χ2v) is 11.2. The number of fused-ring (bicyclic) bond motifs is 1. The first-order valence-corrected chi connectivity index (χ1v) is 13.6. The lowest BCUT2D eigenvalue weighted by atomic mass is 9.66. The van der Waals surface area contributed by atoms with Crippen LogP contribution in [0.5, 0.6) is 0 Å². The highest BCUT2D eigenvalue weighted by molar-refractivity contribution is 6.34. The van der Waals surface area contributed by atoms with E-state index in [4.69, 9.17) is 16.3 Å². The molecule has 38 heavy (non-hydrogen) atoms. The Bertz CT molecular complexity index is 1220. The first-order chi connectivity index (χ1) is 18.2. The first kappa shape index (κ1) is 26.7. The van der Waals surface area contributed by atoms with E-state index in [0.29, 0.717) is 55.0 Å². The van der Waals surface area contributed by atoms with Crippen molar-refractivity contribution in [1.29, 1.82) is 0 Å². The number of aliphatic hydroxyl groups excluding tert-OH is 1. The van der Waals surface area contributed by atoms with E-state index in [1.807, 2.05) is 44.2 Å². The molecule has 3 fully saturated rings. The predicted octanol–water partition coefficient (Wildman–Crippen LogP) is 4.15. The predicted molar refractivity (Wildman–Crippen MR) is 145 cm³/mol. The largest absolute Gasteiger partial charge is 0.396 e. The summed E-state index contributed by atoms with van der Waals surface area (Å²) in [6.07, 6.45) is 3.02. The number of aryl methyl sites for hydroxylation is 1. The topological polar surface area (TPSA) is 108 Å². The summed E-state index contributed by atoms with van der Waals surface area (Å²) in [4.78, 5) is 43.3. The molecule has 5 atom stereocenters. The van der Waals surface area contributed by atoms with Gasteiger partial charge in [0.15, 0.2) is 0 Å². The molecule has 202 valence electrons. The molecule has 2 aromatic rings. The summed E-state index contributed by atoms with van der Waals surface area (Å²) < 4.78 is 6.65. The van der Waals surface area contributed by atoms with Gasteiger partial charge < -0.3 is 25.4 Å². The van der Waals surface area contributed by atoms with Crippen molar-refractivity contribution in [3.05, 3.63) is 59.1 Å². The molecule has 2 bridgehead atoms. The minimum Gasteiger partial charge on any atom is -0.396 e. The molecule has 3 saturated heterocycles. The van der Waals surface area contributed by atoms with Crippen molar-refractivity contribution in [2.75, 3.05) is 23.8 Å². The summed E-state index contributed by atoms with van der Waals surface area (Å²) in [6, 6.07) is 13.6. The fourth-order valence-electron chi connectivity index (χ4n) is 6.66. The van der Waals surface area contributed by atoms with Crippen molar-refractivity contribution < 1.29 is 24.2 Å². The number of amides is 3. The van der Waals surface area contributed by atoms with Crippen LogP contribution in [0, 0.1) is 18.8 Å². The number of carbonyl (C=O) groups is 3. The lowest BCUT2D eigenvalue weighted by Crippen LogP contribution is -2.53. The molecule has 0 radical (unpaired) electrons. The normalized spacial score (nSPS) is 29.4. The van der Waals surface area contributed by atoms with Gasteiger partial charge in [0.05, 0.1) is 28.1 Å². The van der Waals surface area contributed by atoms with Crippen molar-refractivity contribution in [2.24, 2.45) is 11.8 Å². The van der Waals surface area contributed by atoms with Gasteiger partial charge in [-0.2, -0.15) is 0 Å². The maximum absolute atomic E-state index is 14.1. The van der Waals surface area contributed by atoms with Gasteiger partial charge in [0.25, 0.3) is 0 Å². The number of carbonyl (C=O) groups excluding carboxylic acids is 3. The van der Waals surface area contributed by atoms with Gasteiger partial charge >= 0.3 is 0 Å². The number of rotatable bonds is 9. The Hall–Kier alpha value is -2.94. The Morgan fingerprint density at radius 1 is 1.05 bits per heavy atom. The molecule has 0 aromatic heterocycles. The standard InChI is InChI=1S/C29H34ClN3O5/c1-18-10-9-13-20(30)23(18)32-26(36)24-29-15-14-28(2,38-29)21(25(35)31-19-11-5-3-6-12-19)22(29)27(37)33(24)16-7-4-8-17-34/h3,5-6,9-13,21-22,24,34H,4,7-8,14-17H2,1-2H3,(H,31,35)(H,32,36)/t21-,22-,24?,28+,29?/m0/s1. The summed E-state index contributed by atoms with van der Waals surface area (Å²) >= 11 is 6.41. The molecular formula is C29H34ClN3O5. The van der Waals surface area contributed by atoms with Gasteiger partial charge in [-0.1, -0.05) is 41.9 Å². The van der Waals surface area contributed by atoms with Crippen LogP contribution in [0.2, 0.25) is 5.02 Å². The van der Waals surface area contributed by atoms with Crippen LogP contribution in [0.4, 0.5) is 11.4 Å². The van der Waals surface area contributed by atoms with Crippen LogP contribution >= 0.6 is 11.6 Å². The third-order valence-corrected chi connectivity index (χ3v) is 8.69. The summed E-state index contributed by atoms with van der Waals surface area (Å²) in [7, 11) is 0. The van der Waals surface area contributed by atoms with Crippen LogP contribution in [-0.4, -0.2) is 58.1 Å². The molecule has 2 aromatic carbocycles. The molecule has 0 saturated carbocycles. The van der Waals surface area contributed by atoms with E-state index in [1.165, 1.54) is 0 Å². The molecule has 3 aliphatic rings. The number of hydrogen-bond acceptors (Lipinski definition) is 5. The van der Waals surface area contributed by atoms with Crippen molar-refractivity contribution in [3.63, 3.8) is 0 Å². The number of ether oxygens (including phenoxy) is 1. The number of nitrogens with one attached hydrogen (secondary N) is 2. The number of para-hydroxylation sites is 2. The van der Waals surface area contributed by atoms with E-state index in [2.05, 4.69) is 10.6 Å².